The molecule has 2 heterocycles. The molecule has 4 rings (SSSR count). The molecule has 2 aliphatic rings. The minimum atomic E-state index is 0. The molecule has 1 aromatic heterocycles. The van der Waals surface area contributed by atoms with Crippen LogP contribution >= 0.6 is 12.4 Å². The lowest BCUT2D eigenvalue weighted by molar-refractivity contribution is 0.172. The van der Waals surface area contributed by atoms with Crippen molar-refractivity contribution in [1.82, 2.24) is 10.1 Å². The number of benzene rings is 1. The number of hydrogen-bond donors (Lipinski definition) is 1. The van der Waals surface area contributed by atoms with Crippen LogP contribution in [0.15, 0.2) is 28.9 Å². The Morgan fingerprint density at radius 3 is 2.68 bits per heavy atom. The molecule has 0 saturated carbocycles. The first-order chi connectivity index (χ1) is 11.8. The van der Waals surface area contributed by atoms with Crippen LogP contribution in [-0.4, -0.2) is 35.7 Å². The standard InChI is InChI=1S/C20H27N3O.ClH/c1-3-9-23(10-4-2)15-11-14-13-21-18-6-5-16(17(12-15)20(14)18)19-7-8-22-24-19;/h5-8,14-15,21H,3-4,9-13H2,1-2H3;1H/t14-,15-;/m0./s1. The van der Waals surface area contributed by atoms with Crippen LogP contribution in [-0.2, 0) is 6.42 Å². The van der Waals surface area contributed by atoms with Crippen molar-refractivity contribution in [2.75, 3.05) is 25.0 Å². The van der Waals surface area contributed by atoms with E-state index >= 15 is 0 Å². The highest BCUT2D eigenvalue weighted by Gasteiger charge is 2.36. The summed E-state index contributed by atoms with van der Waals surface area (Å²) < 4.78 is 5.49. The Labute approximate surface area is 156 Å². The van der Waals surface area contributed by atoms with Crippen molar-refractivity contribution in [2.45, 2.75) is 51.5 Å². The van der Waals surface area contributed by atoms with Gasteiger partial charge in [0.2, 0.25) is 0 Å². The van der Waals surface area contributed by atoms with Crippen molar-refractivity contribution in [3.63, 3.8) is 0 Å². The molecular formula is C20H28ClN3O. The average molecular weight is 362 g/mol. The zero-order valence-electron chi connectivity index (χ0n) is 15.1. The molecule has 0 spiro atoms. The zero-order chi connectivity index (χ0) is 16.5. The van der Waals surface area contributed by atoms with Gasteiger partial charge in [-0.25, -0.2) is 0 Å². The second kappa shape index (κ2) is 7.79. The van der Waals surface area contributed by atoms with E-state index in [0.717, 1.165) is 18.7 Å². The average Bonchev–Trinajstić information content (AvgIpc) is 3.26. The van der Waals surface area contributed by atoms with Gasteiger partial charge in [-0.15, -0.1) is 12.4 Å². The predicted molar refractivity (Wildman–Crippen MR) is 105 cm³/mol. The van der Waals surface area contributed by atoms with E-state index in [9.17, 15) is 0 Å². The van der Waals surface area contributed by atoms with Crippen LogP contribution in [0, 0.1) is 0 Å². The lowest BCUT2D eigenvalue weighted by Crippen LogP contribution is -2.41. The Kier molecular flexibility index (Phi) is 5.70. The largest absolute Gasteiger partial charge is 0.384 e. The first kappa shape index (κ1) is 18.3. The maximum atomic E-state index is 5.49. The summed E-state index contributed by atoms with van der Waals surface area (Å²) in [7, 11) is 0. The van der Waals surface area contributed by atoms with E-state index < -0.39 is 0 Å². The van der Waals surface area contributed by atoms with E-state index in [1.807, 2.05) is 6.07 Å². The number of nitrogens with zero attached hydrogens (tertiary/aromatic N) is 2. The van der Waals surface area contributed by atoms with Crippen molar-refractivity contribution in [2.24, 2.45) is 0 Å². The Morgan fingerprint density at radius 1 is 1.20 bits per heavy atom. The van der Waals surface area contributed by atoms with Crippen LogP contribution in [0.2, 0.25) is 0 Å². The van der Waals surface area contributed by atoms with Gasteiger partial charge in [-0.05, 0) is 62.0 Å². The molecule has 2 aromatic rings. The SMILES string of the molecule is CCCN(CCC)[C@@H]1Cc2c(-c3ccno3)ccc3c2[C@H](CN3)C1.Cl. The topological polar surface area (TPSA) is 41.3 Å². The summed E-state index contributed by atoms with van der Waals surface area (Å²) in [6.45, 7) is 8.05. The number of hydrogen-bond acceptors (Lipinski definition) is 4. The molecule has 136 valence electrons. The highest BCUT2D eigenvalue weighted by molar-refractivity contribution is 5.85. The van der Waals surface area contributed by atoms with Gasteiger partial charge in [0.25, 0.3) is 0 Å². The quantitative estimate of drug-likeness (QED) is 0.809. The fourth-order valence-electron chi connectivity index (χ4n) is 4.60. The molecule has 0 unspecified atom stereocenters. The van der Waals surface area contributed by atoms with E-state index in [0.29, 0.717) is 12.0 Å². The lowest BCUT2D eigenvalue weighted by atomic mass is 9.78. The van der Waals surface area contributed by atoms with Crippen LogP contribution < -0.4 is 5.32 Å². The summed E-state index contributed by atoms with van der Waals surface area (Å²) >= 11 is 0. The molecule has 0 bridgehead atoms. The Morgan fingerprint density at radius 2 is 2.00 bits per heavy atom. The van der Waals surface area contributed by atoms with Gasteiger partial charge < -0.3 is 14.7 Å². The molecular weight excluding hydrogens is 334 g/mol. The molecule has 1 aromatic carbocycles. The van der Waals surface area contributed by atoms with Crippen LogP contribution in [0.4, 0.5) is 5.69 Å². The van der Waals surface area contributed by atoms with Crippen molar-refractivity contribution in [1.29, 1.82) is 0 Å². The molecule has 1 aliphatic heterocycles. The normalized spacial score (nSPS) is 20.9. The van der Waals surface area contributed by atoms with Crippen molar-refractivity contribution in [3.05, 3.63) is 35.5 Å². The fraction of sp³-hybridized carbons (Fsp3) is 0.550. The van der Waals surface area contributed by atoms with Crippen LogP contribution in [0.3, 0.4) is 0 Å². The number of halogens is 1. The summed E-state index contributed by atoms with van der Waals surface area (Å²) in [4.78, 5) is 2.71. The third-order valence-corrected chi connectivity index (χ3v) is 5.54. The van der Waals surface area contributed by atoms with E-state index in [1.54, 1.807) is 6.20 Å². The number of rotatable bonds is 6. The number of nitrogens with one attached hydrogen (secondary N) is 1. The Bertz CT molecular complexity index is 695. The van der Waals surface area contributed by atoms with Crippen LogP contribution in [0.5, 0.6) is 0 Å². The summed E-state index contributed by atoms with van der Waals surface area (Å²) in [6, 6.07) is 7.04. The van der Waals surface area contributed by atoms with Crippen molar-refractivity contribution < 1.29 is 4.52 Å². The van der Waals surface area contributed by atoms with Gasteiger partial charge in [0, 0.05) is 35.8 Å². The third kappa shape index (κ3) is 3.30. The maximum Gasteiger partial charge on any atom is 0.167 e. The Hall–Kier alpha value is -1.52. The van der Waals surface area contributed by atoms with Crippen molar-refractivity contribution in [3.8, 4) is 11.3 Å². The van der Waals surface area contributed by atoms with Crippen LogP contribution in [0.25, 0.3) is 11.3 Å². The highest BCUT2D eigenvalue weighted by Crippen LogP contribution is 2.46. The van der Waals surface area contributed by atoms with Gasteiger partial charge in [-0.3, -0.25) is 0 Å². The summed E-state index contributed by atoms with van der Waals surface area (Å²) in [5.74, 6) is 1.53. The van der Waals surface area contributed by atoms with Crippen LogP contribution in [0.1, 0.15) is 50.2 Å². The zero-order valence-corrected chi connectivity index (χ0v) is 15.9. The van der Waals surface area contributed by atoms with E-state index in [-0.39, 0.29) is 12.4 Å². The molecule has 2 atom stereocenters. The van der Waals surface area contributed by atoms with Gasteiger partial charge in [0.15, 0.2) is 5.76 Å². The predicted octanol–water partition coefficient (Wildman–Crippen LogP) is 4.71. The second-order valence-corrected chi connectivity index (χ2v) is 7.14. The van der Waals surface area contributed by atoms with E-state index in [2.05, 4.69) is 41.4 Å². The van der Waals surface area contributed by atoms with E-state index in [4.69, 9.17) is 4.52 Å². The first-order valence-corrected chi connectivity index (χ1v) is 9.36. The van der Waals surface area contributed by atoms with Gasteiger partial charge in [0.1, 0.15) is 0 Å². The second-order valence-electron chi connectivity index (χ2n) is 7.14. The summed E-state index contributed by atoms with van der Waals surface area (Å²) in [5, 5.41) is 7.53. The summed E-state index contributed by atoms with van der Waals surface area (Å²) in [5.41, 5.74) is 5.58. The summed E-state index contributed by atoms with van der Waals surface area (Å²) in [6.07, 6.45) is 6.58. The highest BCUT2D eigenvalue weighted by atomic mass is 35.5. The molecule has 0 fully saturated rings. The first-order valence-electron chi connectivity index (χ1n) is 9.36. The van der Waals surface area contributed by atoms with Gasteiger partial charge in [-0.2, -0.15) is 0 Å². The third-order valence-electron chi connectivity index (χ3n) is 5.54. The molecule has 1 N–H and O–H groups in total. The molecule has 4 nitrogen and oxygen atoms in total. The van der Waals surface area contributed by atoms with Gasteiger partial charge in [-0.1, -0.05) is 19.0 Å². The Balaban J connectivity index is 0.00000182. The minimum absolute atomic E-state index is 0. The monoisotopic (exact) mass is 361 g/mol. The van der Waals surface area contributed by atoms with Gasteiger partial charge in [0.05, 0.1) is 6.20 Å². The fourth-order valence-corrected chi connectivity index (χ4v) is 4.60. The van der Waals surface area contributed by atoms with E-state index in [1.165, 1.54) is 54.7 Å². The maximum absolute atomic E-state index is 5.49. The molecule has 1 aliphatic carbocycles. The van der Waals surface area contributed by atoms with Crippen molar-refractivity contribution >= 4 is 18.1 Å². The van der Waals surface area contributed by atoms with Gasteiger partial charge >= 0.3 is 0 Å². The number of anilines is 1. The minimum Gasteiger partial charge on any atom is -0.384 e. The lowest BCUT2D eigenvalue weighted by Gasteiger charge is -2.37. The molecule has 0 saturated heterocycles. The smallest absolute Gasteiger partial charge is 0.167 e. The number of aromatic nitrogens is 1. The molecule has 5 heteroatoms. The molecule has 0 radical (unpaired) electrons. The molecule has 0 amide bonds. The molecule has 25 heavy (non-hydrogen) atoms.